The van der Waals surface area contributed by atoms with E-state index in [1.807, 2.05) is 13.8 Å². The number of carboxylic acids is 1. The van der Waals surface area contributed by atoms with Gasteiger partial charge in [-0.2, -0.15) is 0 Å². The van der Waals surface area contributed by atoms with Gasteiger partial charge in [0.1, 0.15) is 5.56 Å². The average Bonchev–Trinajstić information content (AvgIpc) is 2.26. The predicted octanol–water partition coefficient (Wildman–Crippen LogP) is 0.786. The number of ether oxygens (including phenoxy) is 1. The van der Waals surface area contributed by atoms with Gasteiger partial charge in [0.05, 0.1) is 25.2 Å². The zero-order valence-corrected chi connectivity index (χ0v) is 10.8. The van der Waals surface area contributed by atoms with Crippen LogP contribution < -0.4 is 5.56 Å². The Labute approximate surface area is 105 Å². The maximum absolute atomic E-state index is 12.0. The molecule has 0 saturated carbocycles. The average molecular weight is 254 g/mol. The van der Waals surface area contributed by atoms with Gasteiger partial charge < -0.3 is 9.84 Å². The summed E-state index contributed by atoms with van der Waals surface area (Å²) in [6.45, 7) is 4.53. The van der Waals surface area contributed by atoms with Crippen LogP contribution in [-0.4, -0.2) is 34.3 Å². The van der Waals surface area contributed by atoms with E-state index in [1.54, 1.807) is 0 Å². The summed E-state index contributed by atoms with van der Waals surface area (Å²) in [5.41, 5.74) is -0.413. The van der Waals surface area contributed by atoms with E-state index in [9.17, 15) is 9.59 Å². The van der Waals surface area contributed by atoms with Gasteiger partial charge in [-0.3, -0.25) is 9.36 Å². The maximum atomic E-state index is 12.0. The summed E-state index contributed by atoms with van der Waals surface area (Å²) in [6, 6.07) is 0. The second-order valence-corrected chi connectivity index (χ2v) is 4.46. The second-order valence-electron chi connectivity index (χ2n) is 4.46. The third kappa shape index (κ3) is 3.40. The van der Waals surface area contributed by atoms with Crippen molar-refractivity contribution in [3.8, 4) is 0 Å². The van der Waals surface area contributed by atoms with Crippen molar-refractivity contribution in [1.29, 1.82) is 0 Å². The molecular weight excluding hydrogens is 236 g/mol. The highest BCUT2D eigenvalue weighted by atomic mass is 16.5. The highest BCUT2D eigenvalue weighted by Gasteiger charge is 2.18. The molecule has 1 aromatic heterocycles. The molecule has 1 rings (SSSR count). The summed E-state index contributed by atoms with van der Waals surface area (Å²) >= 11 is 0. The van der Waals surface area contributed by atoms with Crippen molar-refractivity contribution in [1.82, 2.24) is 9.55 Å². The minimum Gasteiger partial charge on any atom is -0.477 e. The summed E-state index contributed by atoms with van der Waals surface area (Å²) < 4.78 is 6.12. The van der Waals surface area contributed by atoms with Crippen LogP contribution in [0, 0.1) is 5.92 Å². The molecule has 0 amide bonds. The smallest absolute Gasteiger partial charge is 0.343 e. The molecule has 0 aliphatic rings. The van der Waals surface area contributed by atoms with Gasteiger partial charge in [-0.15, -0.1) is 0 Å². The van der Waals surface area contributed by atoms with Crippen LogP contribution in [0.1, 0.15) is 29.9 Å². The number of aromatic carboxylic acids is 1. The van der Waals surface area contributed by atoms with Crippen molar-refractivity contribution >= 4 is 5.97 Å². The Morgan fingerprint density at radius 1 is 1.56 bits per heavy atom. The van der Waals surface area contributed by atoms with Gasteiger partial charge in [0, 0.05) is 7.11 Å². The number of carbonyl (C=O) groups is 1. The number of rotatable bonds is 6. The Balaban J connectivity index is 3.20. The molecule has 0 aromatic carbocycles. The van der Waals surface area contributed by atoms with Gasteiger partial charge in [0.25, 0.3) is 5.56 Å². The lowest BCUT2D eigenvalue weighted by molar-refractivity contribution is 0.0691. The molecule has 0 saturated heterocycles. The van der Waals surface area contributed by atoms with Crippen LogP contribution in [0.15, 0.2) is 11.1 Å². The molecule has 0 unspecified atom stereocenters. The van der Waals surface area contributed by atoms with Crippen LogP contribution >= 0.6 is 0 Å². The first kappa shape index (κ1) is 14.4. The van der Waals surface area contributed by atoms with Gasteiger partial charge >= 0.3 is 5.97 Å². The van der Waals surface area contributed by atoms with Gasteiger partial charge in [-0.25, -0.2) is 9.78 Å². The number of methoxy groups -OCH3 is 1. The summed E-state index contributed by atoms with van der Waals surface area (Å²) in [5, 5.41) is 9.12. The van der Waals surface area contributed by atoms with E-state index in [-0.39, 0.29) is 11.5 Å². The van der Waals surface area contributed by atoms with Crippen molar-refractivity contribution in [3.63, 3.8) is 0 Å². The van der Waals surface area contributed by atoms with Crippen LogP contribution in [0.2, 0.25) is 0 Å². The number of hydrogen-bond donors (Lipinski definition) is 1. The summed E-state index contributed by atoms with van der Waals surface area (Å²) in [6.07, 6.45) is 1.85. The zero-order chi connectivity index (χ0) is 13.7. The number of carboxylic acid groups (broad SMARTS) is 1. The van der Waals surface area contributed by atoms with E-state index in [2.05, 4.69) is 4.98 Å². The van der Waals surface area contributed by atoms with E-state index < -0.39 is 11.5 Å². The number of nitrogens with zero attached hydrogens (tertiary/aromatic N) is 2. The number of hydrogen-bond acceptors (Lipinski definition) is 4. The van der Waals surface area contributed by atoms with Crippen molar-refractivity contribution in [2.24, 2.45) is 5.92 Å². The van der Waals surface area contributed by atoms with Crippen molar-refractivity contribution in [2.75, 3.05) is 13.7 Å². The minimum absolute atomic E-state index is 0.234. The SMILES string of the molecule is COCCn1cnc(CC(C)C)c(C(=O)O)c1=O. The first-order valence-corrected chi connectivity index (χ1v) is 5.78. The molecule has 0 spiro atoms. The van der Waals surface area contributed by atoms with E-state index in [0.29, 0.717) is 25.3 Å². The molecule has 6 heteroatoms. The molecule has 0 aliphatic carbocycles. The minimum atomic E-state index is -1.23. The lowest BCUT2D eigenvalue weighted by atomic mass is 10.0. The highest BCUT2D eigenvalue weighted by Crippen LogP contribution is 2.08. The molecule has 1 N–H and O–H groups in total. The molecule has 18 heavy (non-hydrogen) atoms. The topological polar surface area (TPSA) is 81.4 Å². The molecule has 0 aliphatic heterocycles. The first-order chi connectivity index (χ1) is 8.47. The molecular formula is C12H18N2O4. The van der Waals surface area contributed by atoms with Crippen LogP contribution in [-0.2, 0) is 17.7 Å². The molecule has 6 nitrogen and oxygen atoms in total. The number of aromatic nitrogens is 2. The van der Waals surface area contributed by atoms with Crippen LogP contribution in [0.4, 0.5) is 0 Å². The van der Waals surface area contributed by atoms with Gasteiger partial charge in [0.2, 0.25) is 0 Å². The molecule has 100 valence electrons. The quantitative estimate of drug-likeness (QED) is 0.811. The Morgan fingerprint density at radius 2 is 2.22 bits per heavy atom. The Morgan fingerprint density at radius 3 is 2.72 bits per heavy atom. The van der Waals surface area contributed by atoms with Gasteiger partial charge in [-0.05, 0) is 12.3 Å². The van der Waals surface area contributed by atoms with Crippen LogP contribution in [0.25, 0.3) is 0 Å². The monoisotopic (exact) mass is 254 g/mol. The highest BCUT2D eigenvalue weighted by molar-refractivity contribution is 5.88. The van der Waals surface area contributed by atoms with E-state index in [0.717, 1.165) is 0 Å². The van der Waals surface area contributed by atoms with E-state index in [4.69, 9.17) is 9.84 Å². The predicted molar refractivity (Wildman–Crippen MR) is 65.9 cm³/mol. The summed E-state index contributed by atoms with van der Waals surface area (Å²) in [5.74, 6) is -0.986. The fourth-order valence-electron chi connectivity index (χ4n) is 1.63. The fourth-order valence-corrected chi connectivity index (χ4v) is 1.63. The van der Waals surface area contributed by atoms with Crippen molar-refractivity contribution in [2.45, 2.75) is 26.8 Å². The molecule has 1 aromatic rings. The van der Waals surface area contributed by atoms with Gasteiger partial charge in [-0.1, -0.05) is 13.8 Å². The molecule has 0 radical (unpaired) electrons. The maximum Gasteiger partial charge on any atom is 0.343 e. The molecule has 0 atom stereocenters. The third-order valence-corrected chi connectivity index (χ3v) is 2.47. The second kappa shape index (κ2) is 6.30. The Kier molecular flexibility index (Phi) is 5.03. The summed E-state index contributed by atoms with van der Waals surface area (Å²) in [4.78, 5) is 27.3. The Hall–Kier alpha value is -1.69. The van der Waals surface area contributed by atoms with Crippen LogP contribution in [0.3, 0.4) is 0 Å². The summed E-state index contributed by atoms with van der Waals surface area (Å²) in [7, 11) is 1.52. The third-order valence-electron chi connectivity index (χ3n) is 2.47. The van der Waals surface area contributed by atoms with Crippen molar-refractivity contribution < 1.29 is 14.6 Å². The lowest BCUT2D eigenvalue weighted by Gasteiger charge is -2.10. The Bertz CT molecular complexity index is 479. The molecule has 0 bridgehead atoms. The standard InChI is InChI=1S/C12H18N2O4/c1-8(2)6-9-10(12(16)17)11(15)14(7-13-9)4-5-18-3/h7-8H,4-6H2,1-3H3,(H,16,17). The first-order valence-electron chi connectivity index (χ1n) is 5.78. The van der Waals surface area contributed by atoms with Crippen molar-refractivity contribution in [3.05, 3.63) is 27.9 Å². The van der Waals surface area contributed by atoms with Crippen LogP contribution in [0.5, 0.6) is 0 Å². The molecule has 1 heterocycles. The van der Waals surface area contributed by atoms with E-state index >= 15 is 0 Å². The van der Waals surface area contributed by atoms with E-state index in [1.165, 1.54) is 18.0 Å². The largest absolute Gasteiger partial charge is 0.477 e. The fraction of sp³-hybridized carbons (Fsp3) is 0.583. The molecule has 0 fully saturated rings. The zero-order valence-electron chi connectivity index (χ0n) is 10.8. The normalized spacial score (nSPS) is 10.9. The lowest BCUT2D eigenvalue weighted by Crippen LogP contribution is -2.30. The van der Waals surface area contributed by atoms with Gasteiger partial charge in [0.15, 0.2) is 0 Å².